The van der Waals surface area contributed by atoms with Crippen LogP contribution in [0.25, 0.3) is 0 Å². The third-order valence-corrected chi connectivity index (χ3v) is 3.81. The van der Waals surface area contributed by atoms with Crippen LogP contribution in [0.4, 0.5) is 0 Å². The van der Waals surface area contributed by atoms with Crippen molar-refractivity contribution in [2.24, 2.45) is 5.92 Å². The summed E-state index contributed by atoms with van der Waals surface area (Å²) in [5, 5.41) is 37.5. The molecule has 0 bridgehead atoms. The van der Waals surface area contributed by atoms with Crippen molar-refractivity contribution in [3.05, 3.63) is 0 Å². The highest BCUT2D eigenvalue weighted by atomic mass is 32.3. The number of hydrogen-bond acceptors (Lipinski definition) is 8. The van der Waals surface area contributed by atoms with E-state index in [4.69, 9.17) is 5.11 Å². The molecule has 0 radical (unpaired) electrons. The van der Waals surface area contributed by atoms with Gasteiger partial charge in [-0.1, -0.05) is 0 Å². The SMILES string of the molecule is O=S1(=O)O[C@@H]2[C@H](CO)[C@@H](O)[C@H](O)[C@@H](O)[C@@H]2O1. The topological polar surface area (TPSA) is 134 Å². The van der Waals surface area contributed by atoms with Gasteiger partial charge in [-0.3, -0.25) is 0 Å². The van der Waals surface area contributed by atoms with Crippen molar-refractivity contribution in [1.82, 2.24) is 0 Å². The summed E-state index contributed by atoms with van der Waals surface area (Å²) < 4.78 is 31.0. The summed E-state index contributed by atoms with van der Waals surface area (Å²) in [6, 6.07) is 0. The molecule has 2 aliphatic rings. The molecule has 1 aliphatic heterocycles. The molecule has 2 fully saturated rings. The molecule has 0 aromatic carbocycles. The minimum absolute atomic E-state index is 0.592. The smallest absolute Gasteiger partial charge is 0.396 e. The summed E-state index contributed by atoms with van der Waals surface area (Å²) in [6.45, 7) is -0.592. The van der Waals surface area contributed by atoms with Gasteiger partial charge in [-0.05, 0) is 0 Å². The van der Waals surface area contributed by atoms with Crippen molar-refractivity contribution in [3.63, 3.8) is 0 Å². The van der Waals surface area contributed by atoms with Crippen molar-refractivity contribution in [1.29, 1.82) is 0 Å². The largest absolute Gasteiger partial charge is 0.400 e. The fourth-order valence-electron chi connectivity index (χ4n) is 2.03. The minimum atomic E-state index is -4.24. The molecule has 1 saturated carbocycles. The highest BCUT2D eigenvalue weighted by Gasteiger charge is 2.57. The van der Waals surface area contributed by atoms with Crippen LogP contribution in [0.15, 0.2) is 0 Å². The van der Waals surface area contributed by atoms with Crippen molar-refractivity contribution < 1.29 is 37.2 Å². The average Bonchev–Trinajstić information content (AvgIpc) is 2.52. The molecule has 2 rings (SSSR count). The van der Waals surface area contributed by atoms with Crippen LogP contribution in [-0.2, 0) is 18.8 Å². The van der Waals surface area contributed by atoms with E-state index < -0.39 is 53.4 Å². The second kappa shape index (κ2) is 3.88. The lowest BCUT2D eigenvalue weighted by atomic mass is 9.79. The standard InChI is InChI=1S/C7H12O8S/c8-1-2-3(9)4(10)5(11)7-6(2)14-16(12,13)15-7/h2-11H,1H2/t2-,3-,4+,5-,6-,7+/m1/s1. The Morgan fingerprint density at radius 2 is 1.50 bits per heavy atom. The van der Waals surface area contributed by atoms with Gasteiger partial charge in [0.15, 0.2) is 0 Å². The van der Waals surface area contributed by atoms with E-state index in [-0.39, 0.29) is 0 Å². The Morgan fingerprint density at radius 3 is 2.06 bits per heavy atom. The molecule has 1 heterocycles. The second-order valence-electron chi connectivity index (χ2n) is 3.85. The number of aliphatic hydroxyl groups excluding tert-OH is 4. The summed E-state index contributed by atoms with van der Waals surface area (Å²) in [4.78, 5) is 0. The van der Waals surface area contributed by atoms with E-state index in [0.29, 0.717) is 0 Å². The van der Waals surface area contributed by atoms with Gasteiger partial charge >= 0.3 is 10.4 Å². The van der Waals surface area contributed by atoms with Gasteiger partial charge in [-0.15, -0.1) is 0 Å². The summed E-state index contributed by atoms with van der Waals surface area (Å²) >= 11 is 0. The molecular weight excluding hydrogens is 244 g/mol. The van der Waals surface area contributed by atoms with E-state index in [1.54, 1.807) is 0 Å². The van der Waals surface area contributed by atoms with Gasteiger partial charge in [0.05, 0.1) is 12.7 Å². The zero-order valence-corrected chi connectivity index (χ0v) is 8.82. The molecule has 4 N–H and O–H groups in total. The van der Waals surface area contributed by atoms with E-state index in [1.165, 1.54) is 0 Å². The second-order valence-corrected chi connectivity index (χ2v) is 5.05. The van der Waals surface area contributed by atoms with Gasteiger partial charge in [0, 0.05) is 5.92 Å². The number of fused-ring (bicyclic) bond motifs is 1. The molecule has 6 atom stereocenters. The molecule has 9 heteroatoms. The molecule has 8 nitrogen and oxygen atoms in total. The predicted molar refractivity (Wildman–Crippen MR) is 47.3 cm³/mol. The molecule has 0 unspecified atom stereocenters. The Kier molecular flexibility index (Phi) is 2.95. The van der Waals surface area contributed by atoms with Gasteiger partial charge < -0.3 is 20.4 Å². The van der Waals surface area contributed by atoms with Crippen molar-refractivity contribution in [2.45, 2.75) is 30.5 Å². The van der Waals surface area contributed by atoms with Gasteiger partial charge in [0.25, 0.3) is 0 Å². The number of hydrogen-bond donors (Lipinski definition) is 4. The van der Waals surface area contributed by atoms with E-state index in [1.807, 2.05) is 0 Å². The lowest BCUT2D eigenvalue weighted by Crippen LogP contribution is -2.60. The molecule has 94 valence electrons. The first kappa shape index (κ1) is 12.2. The van der Waals surface area contributed by atoms with E-state index in [2.05, 4.69) is 8.37 Å². The Morgan fingerprint density at radius 1 is 0.938 bits per heavy atom. The molecule has 0 aromatic rings. The van der Waals surface area contributed by atoms with Crippen LogP contribution in [0.5, 0.6) is 0 Å². The quantitative estimate of drug-likeness (QED) is 0.384. The van der Waals surface area contributed by atoms with E-state index in [9.17, 15) is 23.7 Å². The lowest BCUT2D eigenvalue weighted by Gasteiger charge is -2.39. The minimum Gasteiger partial charge on any atom is -0.396 e. The first-order valence-electron chi connectivity index (χ1n) is 4.64. The highest BCUT2D eigenvalue weighted by molar-refractivity contribution is 7.82. The van der Waals surface area contributed by atoms with Crippen LogP contribution in [0, 0.1) is 5.92 Å². The summed E-state index contributed by atoms with van der Waals surface area (Å²) in [7, 11) is -4.24. The molecule has 0 aromatic heterocycles. The zero-order valence-electron chi connectivity index (χ0n) is 8.00. The fraction of sp³-hybridized carbons (Fsp3) is 1.00. The van der Waals surface area contributed by atoms with Crippen LogP contribution in [-0.4, -0.2) is 66.0 Å². The Balaban J connectivity index is 2.32. The van der Waals surface area contributed by atoms with Gasteiger partial charge in [0.2, 0.25) is 0 Å². The van der Waals surface area contributed by atoms with Gasteiger partial charge in [0.1, 0.15) is 24.4 Å². The summed E-state index contributed by atoms with van der Waals surface area (Å²) in [5.41, 5.74) is 0. The van der Waals surface area contributed by atoms with Crippen LogP contribution in [0.3, 0.4) is 0 Å². The van der Waals surface area contributed by atoms with Crippen molar-refractivity contribution >= 4 is 10.4 Å². The maximum atomic E-state index is 11.0. The third kappa shape index (κ3) is 1.74. The maximum Gasteiger partial charge on any atom is 0.400 e. The Labute approximate surface area is 91.4 Å². The zero-order chi connectivity index (χ0) is 12.1. The Hall–Kier alpha value is -0.290. The maximum absolute atomic E-state index is 11.0. The summed E-state index contributed by atoms with van der Waals surface area (Å²) in [6.07, 6.45) is -7.14. The van der Waals surface area contributed by atoms with Gasteiger partial charge in [-0.25, -0.2) is 8.37 Å². The van der Waals surface area contributed by atoms with Gasteiger partial charge in [-0.2, -0.15) is 8.42 Å². The molecule has 1 saturated heterocycles. The molecule has 16 heavy (non-hydrogen) atoms. The fourth-order valence-corrected chi connectivity index (χ4v) is 3.09. The monoisotopic (exact) mass is 256 g/mol. The molecule has 0 amide bonds. The first-order valence-corrected chi connectivity index (χ1v) is 5.97. The predicted octanol–water partition coefficient (Wildman–Crippen LogP) is -3.28. The van der Waals surface area contributed by atoms with E-state index in [0.717, 1.165) is 0 Å². The van der Waals surface area contributed by atoms with Crippen LogP contribution in [0.2, 0.25) is 0 Å². The van der Waals surface area contributed by atoms with Crippen molar-refractivity contribution in [2.75, 3.05) is 6.61 Å². The Bertz CT molecular complexity index is 367. The highest BCUT2D eigenvalue weighted by Crippen LogP contribution is 2.36. The average molecular weight is 256 g/mol. The van der Waals surface area contributed by atoms with Crippen LogP contribution >= 0.6 is 0 Å². The first-order chi connectivity index (χ1) is 7.37. The summed E-state index contributed by atoms with van der Waals surface area (Å²) in [5.74, 6) is -1.03. The third-order valence-electron chi connectivity index (χ3n) is 2.89. The number of rotatable bonds is 1. The lowest BCUT2D eigenvalue weighted by molar-refractivity contribution is -0.176. The van der Waals surface area contributed by atoms with Crippen LogP contribution in [0.1, 0.15) is 0 Å². The molecular formula is C7H12O8S. The van der Waals surface area contributed by atoms with Crippen LogP contribution < -0.4 is 0 Å². The number of aliphatic hydroxyl groups is 4. The van der Waals surface area contributed by atoms with E-state index >= 15 is 0 Å². The van der Waals surface area contributed by atoms with Crippen molar-refractivity contribution in [3.8, 4) is 0 Å². The molecule has 0 spiro atoms. The normalized spacial score (nSPS) is 51.2. The molecule has 1 aliphatic carbocycles.